The molecule has 1 aromatic carbocycles. The molecule has 0 saturated heterocycles. The van der Waals surface area contributed by atoms with Gasteiger partial charge >= 0.3 is 5.69 Å². The van der Waals surface area contributed by atoms with Gasteiger partial charge in [0.25, 0.3) is 0 Å². The first-order chi connectivity index (χ1) is 8.24. The van der Waals surface area contributed by atoms with Gasteiger partial charge in [0.2, 0.25) is 0 Å². The van der Waals surface area contributed by atoms with Crippen molar-refractivity contribution in [3.8, 4) is 11.5 Å². The van der Waals surface area contributed by atoms with E-state index >= 15 is 0 Å². The van der Waals surface area contributed by atoms with E-state index in [-0.39, 0.29) is 5.22 Å². The van der Waals surface area contributed by atoms with Crippen LogP contribution in [-0.4, -0.2) is 9.97 Å². The molecule has 3 aromatic rings. The zero-order chi connectivity index (χ0) is 11.8. The summed E-state index contributed by atoms with van der Waals surface area (Å²) in [4.78, 5) is 18.0. The molecule has 0 saturated carbocycles. The van der Waals surface area contributed by atoms with Crippen molar-refractivity contribution < 1.29 is 4.42 Å². The number of benzene rings is 1. The van der Waals surface area contributed by atoms with Crippen molar-refractivity contribution in [1.82, 2.24) is 9.97 Å². The van der Waals surface area contributed by atoms with Crippen LogP contribution in [0.25, 0.3) is 22.4 Å². The number of nitrogens with one attached hydrogen (secondary N) is 1. The summed E-state index contributed by atoms with van der Waals surface area (Å²) in [7, 11) is 0. The average Bonchev–Trinajstić information content (AvgIpc) is 2.74. The molecular formula is C12H7ClN2O2. The Balaban J connectivity index is 2.39. The zero-order valence-corrected chi connectivity index (χ0v) is 9.36. The topological polar surface area (TPSA) is 58.9 Å². The number of nitrogens with zero attached hydrogens (tertiary/aromatic N) is 1. The third-order valence-corrected chi connectivity index (χ3v) is 2.65. The van der Waals surface area contributed by atoms with Gasteiger partial charge in [0.05, 0.1) is 5.52 Å². The van der Waals surface area contributed by atoms with Crippen LogP contribution in [-0.2, 0) is 0 Å². The lowest BCUT2D eigenvalue weighted by Gasteiger charge is -2.01. The standard InChI is InChI=1S/C12H7ClN2O2/c13-10-6-5-9(17-10)11-7-3-1-2-4-8(7)14-12(16)15-11/h1-6H,(H,14,15,16). The molecule has 0 bridgehead atoms. The largest absolute Gasteiger partial charge is 0.443 e. The van der Waals surface area contributed by atoms with Gasteiger partial charge in [-0.15, -0.1) is 0 Å². The van der Waals surface area contributed by atoms with Gasteiger partial charge in [-0.2, -0.15) is 4.98 Å². The number of aromatic nitrogens is 2. The predicted octanol–water partition coefficient (Wildman–Crippen LogP) is 2.84. The molecule has 84 valence electrons. The summed E-state index contributed by atoms with van der Waals surface area (Å²) in [5.74, 6) is 0.484. The van der Waals surface area contributed by atoms with Crippen LogP contribution in [0.4, 0.5) is 0 Å². The smallest absolute Gasteiger partial charge is 0.346 e. The Hall–Kier alpha value is -2.07. The first-order valence-electron chi connectivity index (χ1n) is 4.99. The molecule has 0 aliphatic rings. The molecular weight excluding hydrogens is 240 g/mol. The number of hydrogen-bond acceptors (Lipinski definition) is 3. The Morgan fingerprint density at radius 1 is 1.18 bits per heavy atom. The number of para-hydroxylation sites is 1. The minimum atomic E-state index is -0.411. The van der Waals surface area contributed by atoms with Gasteiger partial charge in [0.1, 0.15) is 5.69 Å². The summed E-state index contributed by atoms with van der Waals surface area (Å²) < 4.78 is 5.28. The quantitative estimate of drug-likeness (QED) is 0.718. The van der Waals surface area contributed by atoms with E-state index in [1.54, 1.807) is 12.1 Å². The van der Waals surface area contributed by atoms with Crippen molar-refractivity contribution in [1.29, 1.82) is 0 Å². The monoisotopic (exact) mass is 246 g/mol. The summed E-state index contributed by atoms with van der Waals surface area (Å²) in [6.07, 6.45) is 0. The van der Waals surface area contributed by atoms with Gasteiger partial charge in [0, 0.05) is 5.39 Å². The van der Waals surface area contributed by atoms with E-state index in [0.29, 0.717) is 11.5 Å². The number of hydrogen-bond donors (Lipinski definition) is 1. The van der Waals surface area contributed by atoms with E-state index in [9.17, 15) is 4.79 Å². The molecule has 1 N–H and O–H groups in total. The third kappa shape index (κ3) is 1.72. The molecule has 2 heterocycles. The molecule has 0 unspecified atom stereocenters. The van der Waals surface area contributed by atoms with Crippen molar-refractivity contribution in [2.45, 2.75) is 0 Å². The number of rotatable bonds is 1. The molecule has 4 nitrogen and oxygen atoms in total. The fourth-order valence-corrected chi connectivity index (χ4v) is 1.88. The van der Waals surface area contributed by atoms with Crippen LogP contribution >= 0.6 is 11.6 Å². The summed E-state index contributed by atoms with van der Waals surface area (Å²) in [5.41, 5.74) is 0.803. The minimum Gasteiger partial charge on any atom is -0.443 e. The lowest BCUT2D eigenvalue weighted by atomic mass is 10.1. The van der Waals surface area contributed by atoms with E-state index in [1.165, 1.54) is 0 Å². The van der Waals surface area contributed by atoms with Crippen molar-refractivity contribution in [3.63, 3.8) is 0 Å². The second kappa shape index (κ2) is 3.75. The molecule has 0 amide bonds. The van der Waals surface area contributed by atoms with Crippen molar-refractivity contribution in [2.75, 3.05) is 0 Å². The minimum absolute atomic E-state index is 0.270. The van der Waals surface area contributed by atoms with Gasteiger partial charge in [-0.3, -0.25) is 0 Å². The average molecular weight is 247 g/mol. The van der Waals surface area contributed by atoms with Gasteiger partial charge in [0.15, 0.2) is 11.0 Å². The number of halogens is 1. The van der Waals surface area contributed by atoms with Crippen LogP contribution in [0.1, 0.15) is 0 Å². The predicted molar refractivity (Wildman–Crippen MR) is 65.1 cm³/mol. The van der Waals surface area contributed by atoms with Crippen molar-refractivity contribution >= 4 is 22.5 Å². The highest BCUT2D eigenvalue weighted by molar-refractivity contribution is 6.29. The summed E-state index contributed by atoms with van der Waals surface area (Å²) >= 11 is 5.72. The highest BCUT2D eigenvalue weighted by atomic mass is 35.5. The Kier molecular flexibility index (Phi) is 2.23. The first-order valence-corrected chi connectivity index (χ1v) is 5.36. The number of aromatic amines is 1. The molecule has 2 aromatic heterocycles. The fraction of sp³-hybridized carbons (Fsp3) is 0. The number of furan rings is 1. The molecule has 3 rings (SSSR count). The van der Waals surface area contributed by atoms with E-state index in [1.807, 2.05) is 24.3 Å². The number of H-pyrrole nitrogens is 1. The Morgan fingerprint density at radius 3 is 2.76 bits per heavy atom. The lowest BCUT2D eigenvalue weighted by molar-refractivity contribution is 0.582. The van der Waals surface area contributed by atoms with Gasteiger partial charge in [-0.1, -0.05) is 18.2 Å². The van der Waals surface area contributed by atoms with Crippen LogP contribution in [0.2, 0.25) is 5.22 Å². The molecule has 17 heavy (non-hydrogen) atoms. The Labute approximate surface area is 101 Å². The normalized spacial score (nSPS) is 10.9. The molecule has 0 fully saturated rings. The Bertz CT molecular complexity index is 745. The Morgan fingerprint density at radius 2 is 2.00 bits per heavy atom. The van der Waals surface area contributed by atoms with Gasteiger partial charge < -0.3 is 9.40 Å². The molecule has 0 spiro atoms. The van der Waals surface area contributed by atoms with E-state index in [2.05, 4.69) is 9.97 Å². The zero-order valence-electron chi connectivity index (χ0n) is 8.61. The van der Waals surface area contributed by atoms with Crippen LogP contribution in [0.5, 0.6) is 0 Å². The summed E-state index contributed by atoms with van der Waals surface area (Å²) in [6.45, 7) is 0. The van der Waals surface area contributed by atoms with Gasteiger partial charge in [-0.05, 0) is 29.8 Å². The van der Waals surface area contributed by atoms with E-state index < -0.39 is 5.69 Å². The van der Waals surface area contributed by atoms with Crippen molar-refractivity contribution in [2.24, 2.45) is 0 Å². The molecule has 0 aliphatic carbocycles. The van der Waals surface area contributed by atoms with Crippen LogP contribution in [0.15, 0.2) is 45.6 Å². The first kappa shape index (κ1) is 10.1. The van der Waals surface area contributed by atoms with Crippen LogP contribution in [0.3, 0.4) is 0 Å². The SMILES string of the molecule is O=c1nc(-c2ccc(Cl)o2)c2ccccc2[nH]1. The molecule has 5 heteroatoms. The highest BCUT2D eigenvalue weighted by Crippen LogP contribution is 2.27. The molecule has 0 atom stereocenters. The number of fused-ring (bicyclic) bond motifs is 1. The second-order valence-electron chi connectivity index (χ2n) is 3.54. The fourth-order valence-electron chi connectivity index (χ4n) is 1.73. The highest BCUT2D eigenvalue weighted by Gasteiger charge is 2.10. The molecule has 0 aliphatic heterocycles. The van der Waals surface area contributed by atoms with E-state index in [0.717, 1.165) is 10.9 Å². The van der Waals surface area contributed by atoms with E-state index in [4.69, 9.17) is 16.0 Å². The van der Waals surface area contributed by atoms with Gasteiger partial charge in [-0.25, -0.2) is 4.79 Å². The lowest BCUT2D eigenvalue weighted by Crippen LogP contribution is -2.10. The van der Waals surface area contributed by atoms with Crippen molar-refractivity contribution in [3.05, 3.63) is 52.1 Å². The van der Waals surface area contributed by atoms with Crippen LogP contribution < -0.4 is 5.69 Å². The van der Waals surface area contributed by atoms with Crippen LogP contribution in [0, 0.1) is 0 Å². The maximum absolute atomic E-state index is 11.4. The third-order valence-electron chi connectivity index (χ3n) is 2.44. The summed E-state index contributed by atoms with van der Waals surface area (Å²) in [6, 6.07) is 10.7. The maximum atomic E-state index is 11.4. The maximum Gasteiger partial charge on any atom is 0.346 e. The molecule has 0 radical (unpaired) electrons. The summed E-state index contributed by atoms with van der Waals surface area (Å²) in [5, 5.41) is 1.09. The second-order valence-corrected chi connectivity index (χ2v) is 3.91.